The first kappa shape index (κ1) is 23.2. The minimum absolute atomic E-state index is 0.0174. The van der Waals surface area contributed by atoms with Gasteiger partial charge in [0.25, 0.3) is 0 Å². The van der Waals surface area contributed by atoms with E-state index < -0.39 is 6.61 Å². The third kappa shape index (κ3) is 3.75. The summed E-state index contributed by atoms with van der Waals surface area (Å²) in [6, 6.07) is 3.78. The number of anilines is 1. The Morgan fingerprint density at radius 3 is 2.49 bits per heavy atom. The number of hydrogen-bond donors (Lipinski definition) is 2. The van der Waals surface area contributed by atoms with Crippen LogP contribution in [0.2, 0.25) is 0 Å². The first-order chi connectivity index (χ1) is 17.9. The predicted octanol–water partition coefficient (Wildman–Crippen LogP) is 1.60. The molecule has 2 aliphatic heterocycles. The van der Waals surface area contributed by atoms with Crippen molar-refractivity contribution >= 4 is 23.2 Å². The molecule has 0 spiro atoms. The number of nitrogens with two attached hydrogens (primary N) is 1. The third-order valence-corrected chi connectivity index (χ3v) is 7.51. The van der Waals surface area contributed by atoms with E-state index in [1.54, 1.807) is 30.5 Å². The minimum atomic E-state index is -0.490. The van der Waals surface area contributed by atoms with Gasteiger partial charge < -0.3 is 15.7 Å². The Morgan fingerprint density at radius 1 is 1.14 bits per heavy atom. The summed E-state index contributed by atoms with van der Waals surface area (Å²) in [5.41, 5.74) is 10.3. The summed E-state index contributed by atoms with van der Waals surface area (Å²) in [5, 5.41) is 18.1. The SMILES string of the molecule is CC(=O)c1c(C2CC3CCC(C2)N3C(=O)CO)nc2c(-c3ccc(-c4ncn(C)n4)nc3)cnn2c1N. The van der Waals surface area contributed by atoms with Gasteiger partial charge >= 0.3 is 0 Å². The second-order valence-corrected chi connectivity index (χ2v) is 9.79. The fraction of sp³-hybridized carbons (Fsp3) is 0.400. The standard InChI is InChI=1S/C25H27N9O3/c1-13(36)21-22(15-7-16-4-5-17(8-15)33(16)20(37)11-35)30-25-18(10-29-34(25)23(21)26)14-3-6-19(27-9-14)24-28-12-32(2)31-24/h3,6,9-10,12,15-17,35H,4-5,7-8,11,26H2,1-2H3. The van der Waals surface area contributed by atoms with Crippen molar-refractivity contribution in [3.05, 3.63) is 42.1 Å². The van der Waals surface area contributed by atoms with Crippen LogP contribution in [0.3, 0.4) is 0 Å². The van der Waals surface area contributed by atoms with Crippen LogP contribution in [0.5, 0.6) is 0 Å². The molecule has 6 rings (SSSR count). The first-order valence-corrected chi connectivity index (χ1v) is 12.3. The van der Waals surface area contributed by atoms with Crippen LogP contribution in [0, 0.1) is 0 Å². The molecule has 4 aromatic rings. The first-order valence-electron chi connectivity index (χ1n) is 12.3. The quantitative estimate of drug-likeness (QED) is 0.388. The van der Waals surface area contributed by atoms with Crippen LogP contribution in [0.4, 0.5) is 5.82 Å². The van der Waals surface area contributed by atoms with E-state index in [9.17, 15) is 14.7 Å². The van der Waals surface area contributed by atoms with Gasteiger partial charge in [-0.25, -0.2) is 9.97 Å². The molecule has 2 unspecified atom stereocenters. The molecule has 0 aromatic carbocycles. The van der Waals surface area contributed by atoms with Gasteiger partial charge in [0.1, 0.15) is 24.4 Å². The number of aliphatic hydroxyl groups is 1. The van der Waals surface area contributed by atoms with Crippen molar-refractivity contribution in [3.8, 4) is 22.6 Å². The van der Waals surface area contributed by atoms with Crippen molar-refractivity contribution in [1.82, 2.24) is 39.2 Å². The number of carbonyl (C=O) groups excluding carboxylic acids is 2. The summed E-state index contributed by atoms with van der Waals surface area (Å²) in [6.07, 6.45) is 8.10. The van der Waals surface area contributed by atoms with Gasteiger partial charge in [-0.1, -0.05) is 6.07 Å². The Hall–Kier alpha value is -4.19. The number of aliphatic hydroxyl groups excluding tert-OH is 1. The second kappa shape index (κ2) is 8.73. The molecule has 12 heteroatoms. The lowest BCUT2D eigenvalue weighted by atomic mass is 9.85. The van der Waals surface area contributed by atoms with Gasteiger partial charge in [0, 0.05) is 42.4 Å². The summed E-state index contributed by atoms with van der Waals surface area (Å²) >= 11 is 0. The Balaban J connectivity index is 1.41. The number of aromatic nitrogens is 7. The van der Waals surface area contributed by atoms with Gasteiger partial charge in [0.05, 0.1) is 17.5 Å². The van der Waals surface area contributed by atoms with Gasteiger partial charge in [0.2, 0.25) is 5.91 Å². The number of Topliss-reactive ketones (excluding diaryl/α,β-unsaturated/α-hetero) is 1. The molecule has 2 fully saturated rings. The molecule has 1 amide bonds. The molecule has 0 aliphatic carbocycles. The average molecular weight is 502 g/mol. The Kier molecular flexibility index (Phi) is 5.48. The highest BCUT2D eigenvalue weighted by Gasteiger charge is 2.44. The van der Waals surface area contributed by atoms with Crippen LogP contribution in [-0.4, -0.2) is 74.7 Å². The van der Waals surface area contributed by atoms with E-state index in [1.165, 1.54) is 11.4 Å². The number of ketones is 1. The fourth-order valence-electron chi connectivity index (χ4n) is 5.92. The topological polar surface area (TPSA) is 157 Å². The van der Waals surface area contributed by atoms with Crippen molar-refractivity contribution in [3.63, 3.8) is 0 Å². The lowest BCUT2D eigenvalue weighted by Gasteiger charge is -2.39. The Labute approximate surface area is 212 Å². The zero-order chi connectivity index (χ0) is 25.8. The number of pyridine rings is 1. The largest absolute Gasteiger partial charge is 0.387 e. The zero-order valence-electron chi connectivity index (χ0n) is 20.6. The normalized spacial score (nSPS) is 21.1. The lowest BCUT2D eigenvalue weighted by Crippen LogP contribution is -2.47. The van der Waals surface area contributed by atoms with Gasteiger partial charge in [-0.15, -0.1) is 5.10 Å². The molecule has 2 aliphatic rings. The fourth-order valence-corrected chi connectivity index (χ4v) is 5.92. The Morgan fingerprint density at radius 2 is 1.89 bits per heavy atom. The van der Waals surface area contributed by atoms with E-state index in [0.717, 1.165) is 24.0 Å². The van der Waals surface area contributed by atoms with Gasteiger partial charge in [-0.2, -0.15) is 9.61 Å². The van der Waals surface area contributed by atoms with Gasteiger partial charge in [-0.05, 0) is 38.7 Å². The molecule has 6 heterocycles. The van der Waals surface area contributed by atoms with Crippen LogP contribution >= 0.6 is 0 Å². The van der Waals surface area contributed by atoms with Crippen LogP contribution in [-0.2, 0) is 11.8 Å². The summed E-state index contributed by atoms with van der Waals surface area (Å²) < 4.78 is 3.12. The average Bonchev–Trinajstić information content (AvgIpc) is 3.59. The zero-order valence-corrected chi connectivity index (χ0v) is 20.6. The molecular weight excluding hydrogens is 474 g/mol. The number of hydrogen-bond acceptors (Lipinski definition) is 9. The van der Waals surface area contributed by atoms with Crippen LogP contribution in [0.15, 0.2) is 30.9 Å². The predicted molar refractivity (Wildman–Crippen MR) is 133 cm³/mol. The molecule has 4 aromatic heterocycles. The molecular formula is C25H27N9O3. The van der Waals surface area contributed by atoms with Gasteiger partial charge in [0.15, 0.2) is 17.3 Å². The van der Waals surface area contributed by atoms with E-state index >= 15 is 0 Å². The van der Waals surface area contributed by atoms with Crippen molar-refractivity contribution in [2.45, 2.75) is 50.6 Å². The number of aryl methyl sites for hydroxylation is 1. The lowest BCUT2D eigenvalue weighted by molar-refractivity contribution is -0.138. The van der Waals surface area contributed by atoms with Crippen LogP contribution in [0.1, 0.15) is 54.6 Å². The van der Waals surface area contributed by atoms with E-state index in [2.05, 4.69) is 20.2 Å². The number of nitrogens with zero attached hydrogens (tertiary/aromatic N) is 8. The number of amides is 1. The number of fused-ring (bicyclic) bond motifs is 3. The highest BCUT2D eigenvalue weighted by Crippen LogP contribution is 2.44. The summed E-state index contributed by atoms with van der Waals surface area (Å²) in [4.78, 5) is 40.6. The maximum Gasteiger partial charge on any atom is 0.248 e. The molecule has 12 nitrogen and oxygen atoms in total. The van der Waals surface area contributed by atoms with Crippen molar-refractivity contribution < 1.29 is 14.7 Å². The molecule has 3 N–H and O–H groups in total. The molecule has 2 atom stereocenters. The van der Waals surface area contributed by atoms with Crippen LogP contribution < -0.4 is 5.73 Å². The Bertz CT molecular complexity index is 1510. The summed E-state index contributed by atoms with van der Waals surface area (Å²) in [6.45, 7) is 0.996. The monoisotopic (exact) mass is 501 g/mol. The van der Waals surface area contributed by atoms with Crippen molar-refractivity contribution in [2.24, 2.45) is 7.05 Å². The van der Waals surface area contributed by atoms with E-state index in [1.807, 2.05) is 17.0 Å². The highest BCUT2D eigenvalue weighted by molar-refractivity contribution is 6.00. The number of nitrogen functional groups attached to an aromatic ring is 1. The summed E-state index contributed by atoms with van der Waals surface area (Å²) in [5.74, 6) is 0.335. The highest BCUT2D eigenvalue weighted by atomic mass is 16.3. The number of piperidine rings is 1. The number of carbonyl (C=O) groups is 2. The molecule has 2 saturated heterocycles. The van der Waals surface area contributed by atoms with E-state index in [-0.39, 0.29) is 35.5 Å². The molecule has 0 radical (unpaired) electrons. The number of rotatable bonds is 5. The second-order valence-electron chi connectivity index (χ2n) is 9.79. The molecule has 37 heavy (non-hydrogen) atoms. The van der Waals surface area contributed by atoms with Crippen molar-refractivity contribution in [1.29, 1.82) is 0 Å². The molecule has 190 valence electrons. The maximum atomic E-state index is 12.7. The maximum absolute atomic E-state index is 12.7. The summed E-state index contributed by atoms with van der Waals surface area (Å²) in [7, 11) is 1.80. The van der Waals surface area contributed by atoms with Gasteiger partial charge in [-0.3, -0.25) is 19.3 Å². The minimum Gasteiger partial charge on any atom is -0.387 e. The van der Waals surface area contributed by atoms with E-state index in [4.69, 9.17) is 10.7 Å². The smallest absolute Gasteiger partial charge is 0.248 e. The third-order valence-electron chi connectivity index (χ3n) is 7.51. The molecule has 2 bridgehead atoms. The van der Waals surface area contributed by atoms with Crippen molar-refractivity contribution in [2.75, 3.05) is 12.3 Å². The van der Waals surface area contributed by atoms with Crippen LogP contribution in [0.25, 0.3) is 28.3 Å². The van der Waals surface area contributed by atoms with E-state index in [0.29, 0.717) is 41.3 Å². The molecule has 0 saturated carbocycles.